The molecule has 120 valence electrons. The van der Waals surface area contributed by atoms with Crippen molar-refractivity contribution in [3.63, 3.8) is 0 Å². The zero-order valence-electron chi connectivity index (χ0n) is 13.1. The van der Waals surface area contributed by atoms with Crippen molar-refractivity contribution in [2.75, 3.05) is 39.9 Å². The standard InChI is InChI=1S/C16H22N2O3S/c1-11-3-4-14(22-11)12-9-13(12)16(20)18-7-5-17(6-8-18)15(19)10-21-2/h3-4,12-13H,5-10H2,1-2H3/t12-,13-/m0/s1. The first-order valence-corrected chi connectivity index (χ1v) is 8.53. The van der Waals surface area contributed by atoms with Crippen LogP contribution >= 0.6 is 11.3 Å². The molecule has 0 aromatic carbocycles. The Morgan fingerprint density at radius 1 is 1.23 bits per heavy atom. The number of rotatable bonds is 4. The molecule has 2 fully saturated rings. The number of methoxy groups -OCH3 is 1. The van der Waals surface area contributed by atoms with Gasteiger partial charge < -0.3 is 14.5 Å². The molecule has 1 aromatic heterocycles. The Morgan fingerprint density at radius 2 is 1.91 bits per heavy atom. The van der Waals surface area contributed by atoms with Gasteiger partial charge in [-0.3, -0.25) is 9.59 Å². The normalized spacial score (nSPS) is 24.5. The van der Waals surface area contributed by atoms with Crippen LogP contribution in [0.1, 0.15) is 22.1 Å². The number of amides is 2. The van der Waals surface area contributed by atoms with E-state index < -0.39 is 0 Å². The van der Waals surface area contributed by atoms with Crippen LogP contribution < -0.4 is 0 Å². The summed E-state index contributed by atoms with van der Waals surface area (Å²) in [5.74, 6) is 0.835. The van der Waals surface area contributed by atoms with Gasteiger partial charge in [-0.2, -0.15) is 0 Å². The van der Waals surface area contributed by atoms with Gasteiger partial charge in [0.15, 0.2) is 0 Å². The third kappa shape index (κ3) is 3.17. The molecule has 3 rings (SSSR count). The van der Waals surface area contributed by atoms with Crippen LogP contribution in [0.2, 0.25) is 0 Å². The summed E-state index contributed by atoms with van der Waals surface area (Å²) in [6.07, 6.45) is 0.974. The minimum Gasteiger partial charge on any atom is -0.375 e. The Hall–Kier alpha value is -1.40. The fourth-order valence-electron chi connectivity index (χ4n) is 3.06. The SMILES string of the molecule is COCC(=O)N1CCN(C(=O)[C@H]2C[C@@H]2c2ccc(C)s2)CC1. The summed E-state index contributed by atoms with van der Waals surface area (Å²) in [5, 5.41) is 0. The largest absolute Gasteiger partial charge is 0.375 e. The van der Waals surface area contributed by atoms with E-state index in [2.05, 4.69) is 19.1 Å². The molecule has 0 spiro atoms. The van der Waals surface area contributed by atoms with Crippen LogP contribution in [-0.2, 0) is 14.3 Å². The maximum absolute atomic E-state index is 12.6. The number of piperazine rings is 1. The highest BCUT2D eigenvalue weighted by Crippen LogP contribution is 2.50. The molecular formula is C16H22N2O3S. The fourth-order valence-corrected chi connectivity index (χ4v) is 4.12. The van der Waals surface area contributed by atoms with Crippen molar-refractivity contribution in [2.45, 2.75) is 19.3 Å². The Morgan fingerprint density at radius 3 is 2.50 bits per heavy atom. The van der Waals surface area contributed by atoms with Gasteiger partial charge in [-0.05, 0) is 25.5 Å². The summed E-state index contributed by atoms with van der Waals surface area (Å²) in [5.41, 5.74) is 0. The lowest BCUT2D eigenvalue weighted by Crippen LogP contribution is -2.51. The Bertz CT molecular complexity index is 563. The summed E-state index contributed by atoms with van der Waals surface area (Å²) in [6.45, 7) is 4.73. The van der Waals surface area contributed by atoms with Crippen molar-refractivity contribution in [1.29, 1.82) is 0 Å². The van der Waals surface area contributed by atoms with Crippen LogP contribution in [0.15, 0.2) is 12.1 Å². The van der Waals surface area contributed by atoms with Crippen molar-refractivity contribution < 1.29 is 14.3 Å². The molecule has 1 aliphatic heterocycles. The number of nitrogens with zero attached hydrogens (tertiary/aromatic N) is 2. The Kier molecular flexibility index (Phi) is 4.49. The summed E-state index contributed by atoms with van der Waals surface area (Å²) in [6, 6.07) is 4.28. The zero-order valence-corrected chi connectivity index (χ0v) is 13.9. The monoisotopic (exact) mass is 322 g/mol. The first kappa shape index (κ1) is 15.5. The van der Waals surface area contributed by atoms with E-state index in [1.54, 1.807) is 16.2 Å². The number of carbonyl (C=O) groups is 2. The van der Waals surface area contributed by atoms with Crippen LogP contribution in [0, 0.1) is 12.8 Å². The van der Waals surface area contributed by atoms with Crippen LogP contribution in [0.5, 0.6) is 0 Å². The zero-order chi connectivity index (χ0) is 15.7. The predicted molar refractivity (Wildman–Crippen MR) is 84.9 cm³/mol. The summed E-state index contributed by atoms with van der Waals surface area (Å²) in [7, 11) is 1.53. The quantitative estimate of drug-likeness (QED) is 0.844. The molecule has 0 radical (unpaired) electrons. The first-order chi connectivity index (χ1) is 10.6. The average Bonchev–Trinajstić information content (AvgIpc) is 3.21. The molecule has 1 aliphatic carbocycles. The molecule has 2 amide bonds. The molecule has 0 N–H and O–H groups in total. The van der Waals surface area contributed by atoms with Gasteiger partial charge in [0.1, 0.15) is 6.61 Å². The summed E-state index contributed by atoms with van der Waals surface area (Å²) < 4.78 is 4.87. The number of carbonyl (C=O) groups excluding carboxylic acids is 2. The molecule has 2 aliphatic rings. The van der Waals surface area contributed by atoms with Crippen molar-refractivity contribution in [2.24, 2.45) is 5.92 Å². The minimum atomic E-state index is 0.00737. The lowest BCUT2D eigenvalue weighted by atomic mass is 10.2. The molecular weight excluding hydrogens is 300 g/mol. The van der Waals surface area contributed by atoms with Gasteiger partial charge in [-0.25, -0.2) is 0 Å². The van der Waals surface area contributed by atoms with Crippen molar-refractivity contribution in [3.05, 3.63) is 21.9 Å². The number of ether oxygens (including phenoxy) is 1. The highest BCUT2D eigenvalue weighted by atomic mass is 32.1. The second-order valence-electron chi connectivity index (χ2n) is 6.04. The third-order valence-corrected chi connectivity index (χ3v) is 5.58. The lowest BCUT2D eigenvalue weighted by molar-refractivity contribution is -0.142. The number of thiophene rings is 1. The second-order valence-corrected chi connectivity index (χ2v) is 7.36. The van der Waals surface area contributed by atoms with Gasteiger partial charge in [-0.1, -0.05) is 0 Å². The molecule has 22 heavy (non-hydrogen) atoms. The molecule has 2 heterocycles. The van der Waals surface area contributed by atoms with E-state index in [-0.39, 0.29) is 24.3 Å². The highest BCUT2D eigenvalue weighted by molar-refractivity contribution is 7.12. The van der Waals surface area contributed by atoms with Crippen molar-refractivity contribution >= 4 is 23.2 Å². The number of hydrogen-bond acceptors (Lipinski definition) is 4. The molecule has 5 nitrogen and oxygen atoms in total. The van der Waals surface area contributed by atoms with Crippen LogP contribution in [0.25, 0.3) is 0 Å². The Labute approximate surface area is 134 Å². The topological polar surface area (TPSA) is 49.9 Å². The smallest absolute Gasteiger partial charge is 0.248 e. The van der Waals surface area contributed by atoms with Gasteiger partial charge in [0.25, 0.3) is 0 Å². The van der Waals surface area contributed by atoms with E-state index >= 15 is 0 Å². The van der Waals surface area contributed by atoms with Gasteiger partial charge in [-0.15, -0.1) is 11.3 Å². The average molecular weight is 322 g/mol. The van der Waals surface area contributed by atoms with Crippen LogP contribution in [-0.4, -0.2) is 61.5 Å². The van der Waals surface area contributed by atoms with E-state index in [0.717, 1.165) is 6.42 Å². The fraction of sp³-hybridized carbons (Fsp3) is 0.625. The van der Waals surface area contributed by atoms with Gasteiger partial charge in [0, 0.05) is 54.9 Å². The van der Waals surface area contributed by atoms with E-state index in [1.807, 2.05) is 4.90 Å². The summed E-state index contributed by atoms with van der Waals surface area (Å²) in [4.78, 5) is 30.7. The van der Waals surface area contributed by atoms with E-state index in [4.69, 9.17) is 4.74 Å². The third-order valence-electron chi connectivity index (χ3n) is 4.45. The molecule has 2 atom stereocenters. The van der Waals surface area contributed by atoms with Crippen LogP contribution in [0.3, 0.4) is 0 Å². The maximum atomic E-state index is 12.6. The Balaban J connectivity index is 1.50. The second kappa shape index (κ2) is 6.38. The molecule has 1 saturated carbocycles. The minimum absolute atomic E-state index is 0.00737. The van der Waals surface area contributed by atoms with Gasteiger partial charge in [0.05, 0.1) is 0 Å². The number of hydrogen-bond donors (Lipinski definition) is 0. The van der Waals surface area contributed by atoms with E-state index in [1.165, 1.54) is 16.9 Å². The molecule has 1 aromatic rings. The lowest BCUT2D eigenvalue weighted by Gasteiger charge is -2.34. The van der Waals surface area contributed by atoms with E-state index in [0.29, 0.717) is 32.1 Å². The van der Waals surface area contributed by atoms with Gasteiger partial charge >= 0.3 is 0 Å². The van der Waals surface area contributed by atoms with Gasteiger partial charge in [0.2, 0.25) is 11.8 Å². The molecule has 0 unspecified atom stereocenters. The predicted octanol–water partition coefficient (Wildman–Crippen LogP) is 1.48. The number of aryl methyl sites for hydroxylation is 1. The van der Waals surface area contributed by atoms with Crippen molar-refractivity contribution in [1.82, 2.24) is 9.80 Å². The summed E-state index contributed by atoms with van der Waals surface area (Å²) >= 11 is 1.80. The molecule has 6 heteroatoms. The maximum Gasteiger partial charge on any atom is 0.248 e. The molecule has 0 bridgehead atoms. The first-order valence-electron chi connectivity index (χ1n) is 7.72. The van der Waals surface area contributed by atoms with Crippen molar-refractivity contribution in [3.8, 4) is 0 Å². The molecule has 1 saturated heterocycles. The highest BCUT2D eigenvalue weighted by Gasteiger charge is 2.46. The van der Waals surface area contributed by atoms with E-state index in [9.17, 15) is 9.59 Å². The van der Waals surface area contributed by atoms with Crippen LogP contribution in [0.4, 0.5) is 0 Å².